The summed E-state index contributed by atoms with van der Waals surface area (Å²) in [7, 11) is 0. The molecule has 0 unspecified atom stereocenters. The van der Waals surface area contributed by atoms with Gasteiger partial charge in [-0.15, -0.1) is 11.3 Å². The molecule has 5 nitrogen and oxygen atoms in total. The maximum Gasteiger partial charge on any atom is 0.253 e. The van der Waals surface area contributed by atoms with Crippen LogP contribution < -0.4 is 5.32 Å². The van der Waals surface area contributed by atoms with E-state index >= 15 is 0 Å². The van der Waals surface area contributed by atoms with Crippen LogP contribution in [0.1, 0.15) is 28.7 Å². The van der Waals surface area contributed by atoms with Gasteiger partial charge in [0.15, 0.2) is 5.13 Å². The lowest BCUT2D eigenvalue weighted by Gasteiger charge is -2.10. The van der Waals surface area contributed by atoms with Gasteiger partial charge >= 0.3 is 0 Å². The number of hydrogen-bond acceptors (Lipinski definition) is 4. The first-order chi connectivity index (χ1) is 9.04. The minimum atomic E-state index is -0.254. The molecular weight excluding hydrogens is 262 g/mol. The summed E-state index contributed by atoms with van der Waals surface area (Å²) in [4.78, 5) is 16.4. The molecule has 0 saturated carbocycles. The molecule has 102 valence electrons. The molecule has 2 aromatic rings. The van der Waals surface area contributed by atoms with Crippen molar-refractivity contribution >= 4 is 17.2 Å². The number of carbonyl (C=O) groups is 1. The Balaban J connectivity index is 2.34. The average molecular weight is 279 g/mol. The fraction of sp³-hybridized carbons (Fsp3) is 0.385. The number of nitrogens with zero attached hydrogens (tertiary/aromatic N) is 2. The predicted octanol–water partition coefficient (Wildman–Crippen LogP) is 1.66. The standard InChI is InChI=1S/C13H17N3O2S/c1-8(7-17)15-12(18)11-6-9(2)16(10(11)3)13-14-4-5-19-13/h4-6,8,17H,7H2,1-3H3,(H,15,18)/t8-/m0/s1. The topological polar surface area (TPSA) is 67.2 Å². The number of carbonyl (C=O) groups excluding carboxylic acids is 1. The summed E-state index contributed by atoms with van der Waals surface area (Å²) in [5.41, 5.74) is 2.44. The molecule has 0 aromatic carbocycles. The van der Waals surface area contributed by atoms with Gasteiger partial charge in [-0.1, -0.05) is 0 Å². The fourth-order valence-electron chi connectivity index (χ4n) is 1.96. The molecule has 2 aromatic heterocycles. The zero-order chi connectivity index (χ0) is 14.0. The van der Waals surface area contributed by atoms with E-state index in [0.29, 0.717) is 5.56 Å². The van der Waals surface area contributed by atoms with E-state index in [-0.39, 0.29) is 18.6 Å². The Morgan fingerprint density at radius 3 is 2.89 bits per heavy atom. The van der Waals surface area contributed by atoms with Gasteiger partial charge in [-0.25, -0.2) is 4.98 Å². The third kappa shape index (κ3) is 2.69. The Morgan fingerprint density at radius 1 is 1.58 bits per heavy atom. The summed E-state index contributed by atoms with van der Waals surface area (Å²) in [6.45, 7) is 5.53. The Morgan fingerprint density at radius 2 is 2.32 bits per heavy atom. The SMILES string of the molecule is Cc1cc(C(=O)N[C@@H](C)CO)c(C)n1-c1nccs1. The first-order valence-corrected chi connectivity index (χ1v) is 6.93. The van der Waals surface area contributed by atoms with Gasteiger partial charge < -0.3 is 10.4 Å². The van der Waals surface area contributed by atoms with E-state index in [1.54, 1.807) is 13.1 Å². The molecule has 0 aliphatic rings. The number of aliphatic hydroxyl groups is 1. The maximum absolute atomic E-state index is 12.1. The van der Waals surface area contributed by atoms with Crippen molar-refractivity contribution in [3.63, 3.8) is 0 Å². The summed E-state index contributed by atoms with van der Waals surface area (Å²) in [6.07, 6.45) is 1.74. The maximum atomic E-state index is 12.1. The van der Waals surface area contributed by atoms with Crippen LogP contribution in [-0.4, -0.2) is 33.2 Å². The fourth-order valence-corrected chi connectivity index (χ4v) is 2.71. The van der Waals surface area contributed by atoms with E-state index in [2.05, 4.69) is 10.3 Å². The van der Waals surface area contributed by atoms with Crippen LogP contribution in [0.15, 0.2) is 17.6 Å². The summed E-state index contributed by atoms with van der Waals surface area (Å²) in [6, 6.07) is 1.59. The zero-order valence-corrected chi connectivity index (χ0v) is 12.0. The molecule has 2 heterocycles. The minimum absolute atomic E-state index is 0.0725. The monoisotopic (exact) mass is 279 g/mol. The van der Waals surface area contributed by atoms with Gasteiger partial charge in [-0.2, -0.15) is 0 Å². The number of nitrogens with one attached hydrogen (secondary N) is 1. The second-order valence-corrected chi connectivity index (χ2v) is 5.36. The van der Waals surface area contributed by atoms with Gasteiger partial charge in [0.25, 0.3) is 5.91 Å². The highest BCUT2D eigenvalue weighted by Gasteiger charge is 2.18. The number of aliphatic hydroxyl groups excluding tert-OH is 1. The van der Waals surface area contributed by atoms with E-state index in [0.717, 1.165) is 16.5 Å². The zero-order valence-electron chi connectivity index (χ0n) is 11.2. The van der Waals surface area contributed by atoms with Crippen molar-refractivity contribution in [1.82, 2.24) is 14.9 Å². The lowest BCUT2D eigenvalue weighted by molar-refractivity contribution is 0.0921. The van der Waals surface area contributed by atoms with Crippen molar-refractivity contribution in [1.29, 1.82) is 0 Å². The van der Waals surface area contributed by atoms with E-state index in [4.69, 9.17) is 5.11 Å². The van der Waals surface area contributed by atoms with E-state index in [1.165, 1.54) is 11.3 Å². The van der Waals surface area contributed by atoms with Crippen LogP contribution in [0, 0.1) is 13.8 Å². The molecule has 1 amide bonds. The summed E-state index contributed by atoms with van der Waals surface area (Å²) >= 11 is 1.53. The van der Waals surface area contributed by atoms with Crippen LogP contribution in [0.3, 0.4) is 0 Å². The molecule has 19 heavy (non-hydrogen) atoms. The van der Waals surface area contributed by atoms with Crippen molar-refractivity contribution in [3.05, 3.63) is 34.6 Å². The lowest BCUT2D eigenvalue weighted by atomic mass is 10.2. The molecule has 2 rings (SSSR count). The largest absolute Gasteiger partial charge is 0.394 e. The normalized spacial score (nSPS) is 12.4. The first kappa shape index (κ1) is 13.8. The quantitative estimate of drug-likeness (QED) is 0.894. The third-order valence-electron chi connectivity index (χ3n) is 2.94. The summed E-state index contributed by atoms with van der Waals surface area (Å²) < 4.78 is 1.96. The highest BCUT2D eigenvalue weighted by molar-refractivity contribution is 7.12. The molecule has 1 atom stereocenters. The summed E-state index contributed by atoms with van der Waals surface area (Å²) in [5, 5.41) is 14.5. The highest BCUT2D eigenvalue weighted by Crippen LogP contribution is 2.22. The second-order valence-electron chi connectivity index (χ2n) is 4.49. The van der Waals surface area contributed by atoms with Crippen LogP contribution in [-0.2, 0) is 0 Å². The molecule has 0 aliphatic heterocycles. The number of hydrogen-bond donors (Lipinski definition) is 2. The smallest absolute Gasteiger partial charge is 0.253 e. The molecule has 0 spiro atoms. The van der Waals surface area contributed by atoms with Crippen molar-refractivity contribution < 1.29 is 9.90 Å². The Bertz CT molecular complexity index is 575. The molecular formula is C13H17N3O2S. The molecule has 0 fully saturated rings. The van der Waals surface area contributed by atoms with Gasteiger partial charge in [-0.3, -0.25) is 9.36 Å². The second kappa shape index (κ2) is 5.54. The minimum Gasteiger partial charge on any atom is -0.394 e. The highest BCUT2D eigenvalue weighted by atomic mass is 32.1. The number of aromatic nitrogens is 2. The lowest BCUT2D eigenvalue weighted by Crippen LogP contribution is -2.35. The predicted molar refractivity (Wildman–Crippen MR) is 74.9 cm³/mol. The van der Waals surface area contributed by atoms with Crippen LogP contribution in [0.5, 0.6) is 0 Å². The van der Waals surface area contributed by atoms with Gasteiger partial charge in [0.2, 0.25) is 0 Å². The van der Waals surface area contributed by atoms with Crippen molar-refractivity contribution in [3.8, 4) is 5.13 Å². The summed E-state index contributed by atoms with van der Waals surface area (Å²) in [5.74, 6) is -0.169. The number of aryl methyl sites for hydroxylation is 1. The van der Waals surface area contributed by atoms with E-state index < -0.39 is 0 Å². The average Bonchev–Trinajstić information content (AvgIpc) is 2.97. The van der Waals surface area contributed by atoms with Crippen molar-refractivity contribution in [2.24, 2.45) is 0 Å². The van der Waals surface area contributed by atoms with E-state index in [1.807, 2.05) is 29.9 Å². The molecule has 6 heteroatoms. The Hall–Kier alpha value is -1.66. The van der Waals surface area contributed by atoms with Crippen LogP contribution in [0.4, 0.5) is 0 Å². The van der Waals surface area contributed by atoms with Gasteiger partial charge in [0.1, 0.15) is 0 Å². The molecule has 0 saturated heterocycles. The Labute approximate surface area is 115 Å². The van der Waals surface area contributed by atoms with E-state index in [9.17, 15) is 4.79 Å². The Kier molecular flexibility index (Phi) is 4.01. The molecule has 0 bridgehead atoms. The van der Waals surface area contributed by atoms with Crippen molar-refractivity contribution in [2.75, 3.05) is 6.61 Å². The first-order valence-electron chi connectivity index (χ1n) is 6.05. The van der Waals surface area contributed by atoms with Crippen LogP contribution >= 0.6 is 11.3 Å². The van der Waals surface area contributed by atoms with Gasteiger partial charge in [0.05, 0.1) is 12.2 Å². The molecule has 0 radical (unpaired) electrons. The molecule has 2 N–H and O–H groups in total. The number of amides is 1. The third-order valence-corrected chi connectivity index (χ3v) is 3.69. The van der Waals surface area contributed by atoms with Crippen LogP contribution in [0.2, 0.25) is 0 Å². The molecule has 0 aliphatic carbocycles. The van der Waals surface area contributed by atoms with Gasteiger partial charge in [-0.05, 0) is 26.8 Å². The number of thiazole rings is 1. The van der Waals surface area contributed by atoms with Gasteiger partial charge in [0, 0.05) is 29.0 Å². The number of rotatable bonds is 4. The van der Waals surface area contributed by atoms with Crippen molar-refractivity contribution in [2.45, 2.75) is 26.8 Å². The van der Waals surface area contributed by atoms with Crippen LogP contribution in [0.25, 0.3) is 5.13 Å².